The van der Waals surface area contributed by atoms with Gasteiger partial charge >= 0.3 is 0 Å². The number of hydrogen-bond donors (Lipinski definition) is 2. The van der Waals surface area contributed by atoms with E-state index in [1.54, 1.807) is 0 Å². The van der Waals surface area contributed by atoms with Gasteiger partial charge in [0.2, 0.25) is 5.91 Å². The molecule has 3 heteroatoms. The number of fused-ring (bicyclic) bond motifs is 2. The van der Waals surface area contributed by atoms with Crippen LogP contribution in [-0.4, -0.2) is 11.9 Å². The SMILES string of the molecule is Cc1ccc(NC(=O)C2C3CCC(C3)C2N)cc1. The number of rotatable bonds is 2. The monoisotopic (exact) mass is 244 g/mol. The van der Waals surface area contributed by atoms with E-state index < -0.39 is 0 Å². The lowest BCUT2D eigenvalue weighted by Gasteiger charge is -2.27. The van der Waals surface area contributed by atoms with Crippen molar-refractivity contribution < 1.29 is 4.79 Å². The fourth-order valence-corrected chi connectivity index (χ4v) is 3.59. The van der Waals surface area contributed by atoms with Crippen LogP contribution in [0.4, 0.5) is 5.69 Å². The second-order valence-corrected chi connectivity index (χ2v) is 5.79. The van der Waals surface area contributed by atoms with Crippen LogP contribution >= 0.6 is 0 Å². The van der Waals surface area contributed by atoms with Crippen molar-refractivity contribution in [1.82, 2.24) is 0 Å². The lowest BCUT2D eigenvalue weighted by molar-refractivity contribution is -0.121. The molecule has 1 amide bonds. The van der Waals surface area contributed by atoms with Gasteiger partial charge in [0.1, 0.15) is 0 Å². The van der Waals surface area contributed by atoms with Crippen molar-refractivity contribution in [2.24, 2.45) is 23.5 Å². The van der Waals surface area contributed by atoms with Crippen LogP contribution in [0.3, 0.4) is 0 Å². The predicted molar refractivity (Wildman–Crippen MR) is 72.1 cm³/mol. The van der Waals surface area contributed by atoms with E-state index in [9.17, 15) is 4.79 Å². The molecule has 0 spiro atoms. The largest absolute Gasteiger partial charge is 0.327 e. The average molecular weight is 244 g/mol. The minimum atomic E-state index is 0.0186. The molecule has 1 aromatic rings. The van der Waals surface area contributed by atoms with Crippen LogP contribution in [0.5, 0.6) is 0 Å². The maximum atomic E-state index is 12.3. The number of hydrogen-bond acceptors (Lipinski definition) is 2. The molecular weight excluding hydrogens is 224 g/mol. The Morgan fingerprint density at radius 2 is 1.89 bits per heavy atom. The summed E-state index contributed by atoms with van der Waals surface area (Å²) in [5.74, 6) is 1.21. The molecule has 0 radical (unpaired) electrons. The molecular formula is C15H20N2O. The Kier molecular flexibility index (Phi) is 2.86. The van der Waals surface area contributed by atoms with Gasteiger partial charge in [0.05, 0.1) is 5.92 Å². The summed E-state index contributed by atoms with van der Waals surface area (Å²) in [5.41, 5.74) is 8.26. The number of amides is 1. The minimum Gasteiger partial charge on any atom is -0.327 e. The number of carbonyl (C=O) groups is 1. The Bertz CT molecular complexity index is 452. The van der Waals surface area contributed by atoms with Crippen molar-refractivity contribution in [2.75, 3.05) is 5.32 Å². The van der Waals surface area contributed by atoms with E-state index in [1.807, 2.05) is 31.2 Å². The zero-order valence-electron chi connectivity index (χ0n) is 10.7. The second kappa shape index (κ2) is 4.39. The highest BCUT2D eigenvalue weighted by Crippen LogP contribution is 2.47. The first-order valence-electron chi connectivity index (χ1n) is 6.78. The zero-order chi connectivity index (χ0) is 12.7. The maximum Gasteiger partial charge on any atom is 0.229 e. The lowest BCUT2D eigenvalue weighted by Crippen LogP contribution is -2.42. The Balaban J connectivity index is 1.70. The Morgan fingerprint density at radius 1 is 1.22 bits per heavy atom. The van der Waals surface area contributed by atoms with Gasteiger partial charge in [-0.15, -0.1) is 0 Å². The predicted octanol–water partition coefficient (Wildman–Crippen LogP) is 2.31. The van der Waals surface area contributed by atoms with Crippen molar-refractivity contribution in [3.8, 4) is 0 Å². The van der Waals surface area contributed by atoms with Gasteiger partial charge in [-0.2, -0.15) is 0 Å². The molecule has 4 unspecified atom stereocenters. The molecule has 3 N–H and O–H groups in total. The van der Waals surface area contributed by atoms with Gasteiger partial charge in [-0.3, -0.25) is 4.79 Å². The van der Waals surface area contributed by atoms with Crippen molar-refractivity contribution in [3.63, 3.8) is 0 Å². The summed E-state index contributed by atoms with van der Waals surface area (Å²) < 4.78 is 0. The number of benzene rings is 1. The quantitative estimate of drug-likeness (QED) is 0.838. The number of nitrogens with two attached hydrogens (primary N) is 1. The number of carbonyl (C=O) groups excluding carboxylic acids is 1. The van der Waals surface area contributed by atoms with Crippen molar-refractivity contribution in [3.05, 3.63) is 29.8 Å². The highest BCUT2D eigenvalue weighted by molar-refractivity contribution is 5.93. The molecule has 0 aliphatic heterocycles. The highest BCUT2D eigenvalue weighted by atomic mass is 16.2. The van der Waals surface area contributed by atoms with Crippen molar-refractivity contribution >= 4 is 11.6 Å². The first kappa shape index (κ1) is 11.7. The minimum absolute atomic E-state index is 0.0186. The third-order valence-corrected chi connectivity index (χ3v) is 4.60. The van der Waals surface area contributed by atoms with Crippen LogP contribution in [0.25, 0.3) is 0 Å². The van der Waals surface area contributed by atoms with E-state index in [-0.39, 0.29) is 17.9 Å². The Morgan fingerprint density at radius 3 is 2.50 bits per heavy atom. The third kappa shape index (κ3) is 1.93. The molecule has 2 saturated carbocycles. The molecule has 1 aromatic carbocycles. The van der Waals surface area contributed by atoms with E-state index in [4.69, 9.17) is 5.73 Å². The Labute approximate surface area is 108 Å². The van der Waals surface area contributed by atoms with Crippen LogP contribution in [0.2, 0.25) is 0 Å². The van der Waals surface area contributed by atoms with Crippen LogP contribution in [0.1, 0.15) is 24.8 Å². The maximum absolute atomic E-state index is 12.3. The number of anilines is 1. The summed E-state index contributed by atoms with van der Waals surface area (Å²) in [6.07, 6.45) is 3.53. The van der Waals surface area contributed by atoms with Gasteiger partial charge in [-0.1, -0.05) is 17.7 Å². The topological polar surface area (TPSA) is 55.1 Å². The molecule has 3 nitrogen and oxygen atoms in total. The summed E-state index contributed by atoms with van der Waals surface area (Å²) in [6, 6.07) is 7.99. The summed E-state index contributed by atoms with van der Waals surface area (Å²) in [4.78, 5) is 12.3. The van der Waals surface area contributed by atoms with Crippen LogP contribution in [0.15, 0.2) is 24.3 Å². The molecule has 18 heavy (non-hydrogen) atoms. The standard InChI is InChI=1S/C15H20N2O/c1-9-2-6-12(7-3-9)17-15(18)13-10-4-5-11(8-10)14(13)16/h2-3,6-7,10-11,13-14H,4-5,8,16H2,1H3,(H,17,18). The molecule has 0 saturated heterocycles. The van der Waals surface area contributed by atoms with E-state index in [2.05, 4.69) is 5.32 Å². The molecule has 2 fully saturated rings. The van der Waals surface area contributed by atoms with E-state index in [0.717, 1.165) is 12.1 Å². The molecule has 2 bridgehead atoms. The van der Waals surface area contributed by atoms with Crippen molar-refractivity contribution in [1.29, 1.82) is 0 Å². The second-order valence-electron chi connectivity index (χ2n) is 5.79. The molecule has 2 aliphatic carbocycles. The van der Waals surface area contributed by atoms with E-state index in [0.29, 0.717) is 11.8 Å². The van der Waals surface area contributed by atoms with Gasteiger partial charge in [0, 0.05) is 11.7 Å². The zero-order valence-corrected chi connectivity index (χ0v) is 10.7. The van der Waals surface area contributed by atoms with E-state index >= 15 is 0 Å². The first-order chi connectivity index (χ1) is 8.65. The van der Waals surface area contributed by atoms with Gasteiger partial charge in [-0.25, -0.2) is 0 Å². The number of nitrogens with one attached hydrogen (secondary N) is 1. The Hall–Kier alpha value is -1.35. The molecule has 0 heterocycles. The highest BCUT2D eigenvalue weighted by Gasteiger charge is 2.48. The molecule has 4 atom stereocenters. The molecule has 96 valence electrons. The van der Waals surface area contributed by atoms with Crippen molar-refractivity contribution in [2.45, 2.75) is 32.2 Å². The smallest absolute Gasteiger partial charge is 0.229 e. The lowest BCUT2D eigenvalue weighted by atomic mass is 9.84. The van der Waals surface area contributed by atoms with Gasteiger partial charge in [0.15, 0.2) is 0 Å². The van der Waals surface area contributed by atoms with Gasteiger partial charge in [-0.05, 0) is 50.2 Å². The molecule has 0 aromatic heterocycles. The van der Waals surface area contributed by atoms with Crippen LogP contribution in [-0.2, 0) is 4.79 Å². The first-order valence-corrected chi connectivity index (χ1v) is 6.78. The van der Waals surface area contributed by atoms with E-state index in [1.165, 1.54) is 18.4 Å². The van der Waals surface area contributed by atoms with Crippen LogP contribution < -0.4 is 11.1 Å². The normalized spacial score (nSPS) is 33.7. The molecule has 3 rings (SSSR count). The van der Waals surface area contributed by atoms with Gasteiger partial charge in [0.25, 0.3) is 0 Å². The van der Waals surface area contributed by atoms with Gasteiger partial charge < -0.3 is 11.1 Å². The fourth-order valence-electron chi connectivity index (χ4n) is 3.59. The fraction of sp³-hybridized carbons (Fsp3) is 0.533. The summed E-state index contributed by atoms with van der Waals surface area (Å²) >= 11 is 0. The molecule has 2 aliphatic rings. The van der Waals surface area contributed by atoms with Crippen LogP contribution in [0, 0.1) is 24.7 Å². The third-order valence-electron chi connectivity index (χ3n) is 4.60. The average Bonchev–Trinajstić information content (AvgIpc) is 2.92. The summed E-state index contributed by atoms with van der Waals surface area (Å²) in [6.45, 7) is 2.04. The number of aryl methyl sites for hydroxylation is 1. The summed E-state index contributed by atoms with van der Waals surface area (Å²) in [7, 11) is 0. The summed E-state index contributed by atoms with van der Waals surface area (Å²) in [5, 5.41) is 3.01.